The molecule has 0 aliphatic heterocycles. The molecule has 0 radical (unpaired) electrons. The van der Waals surface area contributed by atoms with E-state index in [1.54, 1.807) is 37.4 Å². The molecule has 3 aromatic rings. The van der Waals surface area contributed by atoms with Gasteiger partial charge in [0.2, 0.25) is 0 Å². The van der Waals surface area contributed by atoms with Gasteiger partial charge in [0, 0.05) is 10.9 Å². The normalized spacial score (nSPS) is 14.1. The maximum absolute atomic E-state index is 12.6. The minimum atomic E-state index is -0.257. The maximum atomic E-state index is 12.6. The number of nitrogens with zero attached hydrogens (tertiary/aromatic N) is 1. The zero-order chi connectivity index (χ0) is 20.2. The fourth-order valence-corrected chi connectivity index (χ4v) is 3.66. The van der Waals surface area contributed by atoms with Gasteiger partial charge >= 0.3 is 0 Å². The van der Waals surface area contributed by atoms with Crippen molar-refractivity contribution in [2.45, 2.75) is 38.3 Å². The van der Waals surface area contributed by atoms with Crippen LogP contribution in [0.3, 0.4) is 0 Å². The average molecular weight is 393 g/mol. The Hall–Kier alpha value is -3.35. The van der Waals surface area contributed by atoms with Crippen molar-refractivity contribution in [1.29, 1.82) is 0 Å². The molecule has 0 bridgehead atoms. The van der Waals surface area contributed by atoms with Crippen LogP contribution in [0, 0.1) is 0 Å². The van der Waals surface area contributed by atoms with E-state index in [4.69, 9.17) is 9.47 Å². The number of methoxy groups -OCH3 is 1. The summed E-state index contributed by atoms with van der Waals surface area (Å²) in [6, 6.07) is 12.4. The molecule has 1 aliphatic carbocycles. The molecule has 0 unspecified atom stereocenters. The third-order valence-corrected chi connectivity index (χ3v) is 5.21. The van der Waals surface area contributed by atoms with Gasteiger partial charge in [0.05, 0.1) is 30.8 Å². The molecule has 1 aromatic heterocycles. The number of ether oxygens (including phenoxy) is 2. The number of aromatic nitrogens is 2. The van der Waals surface area contributed by atoms with E-state index in [0.29, 0.717) is 28.1 Å². The van der Waals surface area contributed by atoms with Crippen LogP contribution in [0.2, 0.25) is 0 Å². The molecule has 4 rings (SSSR count). The lowest BCUT2D eigenvalue weighted by atomic mass is 10.1. The highest BCUT2D eigenvalue weighted by atomic mass is 16.5. The van der Waals surface area contributed by atoms with Crippen molar-refractivity contribution in [3.8, 4) is 11.5 Å². The third-order valence-electron chi connectivity index (χ3n) is 5.21. The number of carbonyl (C=O) groups excluding carboxylic acids is 1. The van der Waals surface area contributed by atoms with Crippen molar-refractivity contribution in [1.82, 2.24) is 15.5 Å². The van der Waals surface area contributed by atoms with Gasteiger partial charge in [-0.05, 0) is 49.9 Å². The number of hydrogen-bond donors (Lipinski definition) is 2. The fraction of sp³-hybridized carbons (Fsp3) is 0.318. The van der Waals surface area contributed by atoms with E-state index in [1.807, 2.05) is 12.1 Å². The molecule has 7 heteroatoms. The lowest BCUT2D eigenvalue weighted by molar-refractivity contribution is 0.0950. The first-order chi connectivity index (χ1) is 14.2. The summed E-state index contributed by atoms with van der Waals surface area (Å²) in [6.07, 6.45) is 4.67. The second-order valence-electron chi connectivity index (χ2n) is 7.12. The molecule has 2 N–H and O–H groups in total. The smallest absolute Gasteiger partial charge is 0.272 e. The van der Waals surface area contributed by atoms with Gasteiger partial charge in [0.25, 0.3) is 11.5 Å². The second kappa shape index (κ2) is 8.34. The number of amides is 1. The van der Waals surface area contributed by atoms with E-state index in [2.05, 4.69) is 15.5 Å². The Kier molecular flexibility index (Phi) is 5.46. The van der Waals surface area contributed by atoms with Crippen LogP contribution in [0.1, 0.15) is 41.7 Å². The molecule has 29 heavy (non-hydrogen) atoms. The minimum absolute atomic E-state index is 0.193. The first-order valence-electron chi connectivity index (χ1n) is 9.75. The van der Waals surface area contributed by atoms with Gasteiger partial charge in [-0.1, -0.05) is 18.2 Å². The summed E-state index contributed by atoms with van der Waals surface area (Å²) in [5, 5.41) is 10.7. The number of H-pyrrole nitrogens is 1. The lowest BCUT2D eigenvalue weighted by Crippen LogP contribution is -2.24. The molecule has 0 atom stereocenters. The van der Waals surface area contributed by atoms with Crippen LogP contribution in [0.25, 0.3) is 10.8 Å². The summed E-state index contributed by atoms with van der Waals surface area (Å²) >= 11 is 0. The Labute approximate surface area is 168 Å². The second-order valence-corrected chi connectivity index (χ2v) is 7.12. The van der Waals surface area contributed by atoms with Gasteiger partial charge in [0.15, 0.2) is 11.5 Å². The zero-order valence-corrected chi connectivity index (χ0v) is 16.2. The van der Waals surface area contributed by atoms with Crippen LogP contribution < -0.4 is 20.3 Å². The molecule has 0 saturated heterocycles. The van der Waals surface area contributed by atoms with Gasteiger partial charge in [-0.15, -0.1) is 0 Å². The monoisotopic (exact) mass is 393 g/mol. The molecular weight excluding hydrogens is 370 g/mol. The van der Waals surface area contributed by atoms with E-state index in [9.17, 15) is 9.59 Å². The van der Waals surface area contributed by atoms with E-state index < -0.39 is 0 Å². The van der Waals surface area contributed by atoms with Crippen LogP contribution >= 0.6 is 0 Å². The van der Waals surface area contributed by atoms with Gasteiger partial charge < -0.3 is 14.8 Å². The zero-order valence-electron chi connectivity index (χ0n) is 16.2. The topological polar surface area (TPSA) is 93.3 Å². The van der Waals surface area contributed by atoms with Crippen LogP contribution in [-0.4, -0.2) is 29.3 Å². The number of aromatic amines is 1. The van der Waals surface area contributed by atoms with Crippen molar-refractivity contribution in [2.24, 2.45) is 0 Å². The Morgan fingerprint density at radius 3 is 2.66 bits per heavy atom. The summed E-state index contributed by atoms with van der Waals surface area (Å²) < 4.78 is 11.4. The number of carbonyl (C=O) groups is 1. The molecule has 150 valence electrons. The standard InChI is InChI=1S/C22H23N3O4/c1-28-20-12-14(10-11-19(20)29-15-6-2-3-7-15)21(26)23-13-18-16-8-4-5-9-17(16)22(27)25-24-18/h4-5,8-12,15H,2-3,6-7,13H2,1H3,(H,23,26)(H,25,27). The van der Waals surface area contributed by atoms with E-state index in [1.165, 1.54) is 12.8 Å². The van der Waals surface area contributed by atoms with Crippen LogP contribution in [-0.2, 0) is 6.54 Å². The predicted octanol–water partition coefficient (Wildman–Crippen LogP) is 3.18. The highest BCUT2D eigenvalue weighted by Crippen LogP contribution is 2.32. The Morgan fingerprint density at radius 2 is 1.90 bits per heavy atom. The van der Waals surface area contributed by atoms with Gasteiger partial charge in [-0.25, -0.2) is 5.10 Å². The SMILES string of the molecule is COc1cc(C(=O)NCc2n[nH]c(=O)c3ccccc23)ccc1OC1CCCC1. The van der Waals surface area contributed by atoms with E-state index >= 15 is 0 Å². The van der Waals surface area contributed by atoms with Crippen molar-refractivity contribution in [3.05, 3.63) is 64.1 Å². The number of nitrogens with one attached hydrogen (secondary N) is 2. The highest BCUT2D eigenvalue weighted by molar-refractivity contribution is 5.95. The van der Waals surface area contributed by atoms with Gasteiger partial charge in [0.1, 0.15) is 0 Å². The number of benzene rings is 2. The Morgan fingerprint density at radius 1 is 1.14 bits per heavy atom. The van der Waals surface area contributed by atoms with E-state index in [0.717, 1.165) is 18.2 Å². The molecule has 1 heterocycles. The predicted molar refractivity (Wildman–Crippen MR) is 109 cm³/mol. The maximum Gasteiger partial charge on any atom is 0.272 e. The van der Waals surface area contributed by atoms with Gasteiger partial charge in [-0.2, -0.15) is 5.10 Å². The molecule has 1 amide bonds. The summed E-state index contributed by atoms with van der Waals surface area (Å²) in [6.45, 7) is 0.193. The molecule has 1 aliphatic rings. The highest BCUT2D eigenvalue weighted by Gasteiger charge is 2.19. The first-order valence-corrected chi connectivity index (χ1v) is 9.75. The van der Waals surface area contributed by atoms with Crippen molar-refractivity contribution >= 4 is 16.7 Å². The minimum Gasteiger partial charge on any atom is -0.493 e. The number of hydrogen-bond acceptors (Lipinski definition) is 5. The van der Waals surface area contributed by atoms with E-state index in [-0.39, 0.29) is 24.1 Å². The van der Waals surface area contributed by atoms with Crippen LogP contribution in [0.4, 0.5) is 0 Å². The molecule has 0 spiro atoms. The third kappa shape index (κ3) is 4.08. The largest absolute Gasteiger partial charge is 0.493 e. The lowest BCUT2D eigenvalue weighted by Gasteiger charge is -2.16. The van der Waals surface area contributed by atoms with Crippen LogP contribution in [0.15, 0.2) is 47.3 Å². The summed E-state index contributed by atoms with van der Waals surface area (Å²) in [5.74, 6) is 0.939. The Bertz CT molecular complexity index is 1090. The number of fused-ring (bicyclic) bond motifs is 1. The summed E-state index contributed by atoms with van der Waals surface area (Å²) in [5.41, 5.74) is 0.814. The molecule has 1 saturated carbocycles. The fourth-order valence-electron chi connectivity index (χ4n) is 3.66. The van der Waals surface area contributed by atoms with Crippen molar-refractivity contribution in [2.75, 3.05) is 7.11 Å². The summed E-state index contributed by atoms with van der Waals surface area (Å²) in [4.78, 5) is 24.5. The summed E-state index contributed by atoms with van der Waals surface area (Å²) in [7, 11) is 1.56. The van der Waals surface area contributed by atoms with Crippen LogP contribution in [0.5, 0.6) is 11.5 Å². The number of rotatable bonds is 6. The van der Waals surface area contributed by atoms with Crippen molar-refractivity contribution < 1.29 is 14.3 Å². The molecule has 1 fully saturated rings. The quantitative estimate of drug-likeness (QED) is 0.671. The average Bonchev–Trinajstić information content (AvgIpc) is 3.26. The molecular formula is C22H23N3O4. The molecule has 2 aromatic carbocycles. The first kappa shape index (κ1) is 19.0. The molecule has 7 nitrogen and oxygen atoms in total. The Balaban J connectivity index is 1.49. The van der Waals surface area contributed by atoms with Gasteiger partial charge in [-0.3, -0.25) is 9.59 Å². The van der Waals surface area contributed by atoms with Crippen molar-refractivity contribution in [3.63, 3.8) is 0 Å².